The Morgan fingerprint density at radius 3 is 2.74 bits per heavy atom. The number of carboxylic acids is 1. The summed E-state index contributed by atoms with van der Waals surface area (Å²) in [4.78, 5) is 15.1. The van der Waals surface area contributed by atoms with Crippen LogP contribution in [0.2, 0.25) is 5.02 Å². The zero-order valence-electron chi connectivity index (χ0n) is 10.3. The van der Waals surface area contributed by atoms with Gasteiger partial charge in [-0.15, -0.1) is 0 Å². The van der Waals surface area contributed by atoms with Crippen molar-refractivity contribution < 1.29 is 9.90 Å². The lowest BCUT2D eigenvalue weighted by Crippen LogP contribution is -2.08. The number of hydrogen-bond acceptors (Lipinski definition) is 3. The molecule has 1 atom stereocenters. The van der Waals surface area contributed by atoms with Crippen molar-refractivity contribution in [2.75, 3.05) is 5.32 Å². The monoisotopic (exact) mass is 276 g/mol. The Kier molecular flexibility index (Phi) is 4.02. The molecule has 0 fully saturated rings. The van der Waals surface area contributed by atoms with Gasteiger partial charge in [0, 0.05) is 16.9 Å². The summed E-state index contributed by atoms with van der Waals surface area (Å²) in [5, 5.41) is 12.5. The van der Waals surface area contributed by atoms with E-state index in [0.29, 0.717) is 16.4 Å². The predicted molar refractivity (Wildman–Crippen MR) is 75.0 cm³/mol. The van der Waals surface area contributed by atoms with Crippen molar-refractivity contribution in [1.29, 1.82) is 0 Å². The van der Waals surface area contributed by atoms with Crippen molar-refractivity contribution in [3.63, 3.8) is 0 Å². The summed E-state index contributed by atoms with van der Waals surface area (Å²) in [6.07, 6.45) is 1.69. The van der Waals surface area contributed by atoms with Gasteiger partial charge in [0.1, 0.15) is 5.82 Å². The molecule has 0 saturated heterocycles. The van der Waals surface area contributed by atoms with Gasteiger partial charge >= 0.3 is 5.97 Å². The van der Waals surface area contributed by atoms with E-state index in [2.05, 4.69) is 10.3 Å². The number of benzene rings is 1. The molecule has 4 nitrogen and oxygen atoms in total. The molecule has 1 aromatic heterocycles. The second kappa shape index (κ2) is 5.71. The summed E-state index contributed by atoms with van der Waals surface area (Å²) in [7, 11) is 0. The standard InChI is InChI=1S/C14H13ClN2O2/c1-9(14(18)19)11-6-5-10(8-12(11)15)17-13-4-2-3-7-16-13/h2-9H,1H3,(H,16,17)(H,18,19)/t9-/m1/s1. The molecule has 0 radical (unpaired) electrons. The van der Waals surface area contributed by atoms with Gasteiger partial charge in [0.15, 0.2) is 0 Å². The summed E-state index contributed by atoms with van der Waals surface area (Å²) in [5.74, 6) is -0.818. The lowest BCUT2D eigenvalue weighted by atomic mass is 10.0. The van der Waals surface area contributed by atoms with Crippen LogP contribution in [-0.4, -0.2) is 16.1 Å². The van der Waals surface area contributed by atoms with Gasteiger partial charge in [0.2, 0.25) is 0 Å². The van der Waals surface area contributed by atoms with E-state index in [1.54, 1.807) is 31.3 Å². The number of nitrogens with zero attached hydrogens (tertiary/aromatic N) is 1. The molecule has 0 unspecified atom stereocenters. The first-order valence-corrected chi connectivity index (χ1v) is 6.16. The SMILES string of the molecule is C[C@@H](C(=O)O)c1ccc(Nc2ccccn2)cc1Cl. The first-order valence-electron chi connectivity index (χ1n) is 5.78. The molecule has 0 amide bonds. The van der Waals surface area contributed by atoms with Gasteiger partial charge < -0.3 is 10.4 Å². The van der Waals surface area contributed by atoms with Crippen LogP contribution in [0.3, 0.4) is 0 Å². The largest absolute Gasteiger partial charge is 0.481 e. The molecule has 1 aromatic carbocycles. The van der Waals surface area contributed by atoms with E-state index in [1.165, 1.54) is 0 Å². The molecule has 2 aromatic rings. The van der Waals surface area contributed by atoms with E-state index in [9.17, 15) is 4.79 Å². The summed E-state index contributed by atoms with van der Waals surface area (Å²) in [6.45, 7) is 1.61. The summed E-state index contributed by atoms with van der Waals surface area (Å²) < 4.78 is 0. The minimum atomic E-state index is -0.896. The van der Waals surface area contributed by atoms with Crippen LogP contribution in [0.25, 0.3) is 0 Å². The van der Waals surface area contributed by atoms with Crippen molar-refractivity contribution in [3.05, 3.63) is 53.2 Å². The van der Waals surface area contributed by atoms with Gasteiger partial charge in [-0.25, -0.2) is 4.98 Å². The number of hydrogen-bond donors (Lipinski definition) is 2. The van der Waals surface area contributed by atoms with Crippen LogP contribution in [0.15, 0.2) is 42.6 Å². The Labute approximate surface area is 116 Å². The fourth-order valence-corrected chi connectivity index (χ4v) is 2.02. The molecule has 0 aliphatic heterocycles. The van der Waals surface area contributed by atoms with Gasteiger partial charge in [0.05, 0.1) is 5.92 Å². The van der Waals surface area contributed by atoms with E-state index in [-0.39, 0.29) is 0 Å². The number of carboxylic acid groups (broad SMARTS) is 1. The normalized spacial score (nSPS) is 11.9. The Morgan fingerprint density at radius 1 is 1.37 bits per heavy atom. The van der Waals surface area contributed by atoms with E-state index in [0.717, 1.165) is 5.69 Å². The molecule has 2 rings (SSSR count). The van der Waals surface area contributed by atoms with Crippen molar-refractivity contribution >= 4 is 29.1 Å². The topological polar surface area (TPSA) is 62.2 Å². The minimum absolute atomic E-state index is 0.427. The van der Waals surface area contributed by atoms with E-state index >= 15 is 0 Å². The number of carbonyl (C=O) groups is 1. The third-order valence-electron chi connectivity index (χ3n) is 2.77. The summed E-state index contributed by atoms with van der Waals surface area (Å²) in [6, 6.07) is 10.7. The zero-order valence-corrected chi connectivity index (χ0v) is 11.1. The van der Waals surface area contributed by atoms with Crippen molar-refractivity contribution in [2.45, 2.75) is 12.8 Å². The van der Waals surface area contributed by atoms with Crippen LogP contribution in [-0.2, 0) is 4.79 Å². The highest BCUT2D eigenvalue weighted by atomic mass is 35.5. The zero-order chi connectivity index (χ0) is 13.8. The third-order valence-corrected chi connectivity index (χ3v) is 3.10. The van der Waals surface area contributed by atoms with E-state index in [1.807, 2.05) is 18.2 Å². The number of nitrogens with one attached hydrogen (secondary N) is 1. The molecular formula is C14H13ClN2O2. The van der Waals surface area contributed by atoms with E-state index in [4.69, 9.17) is 16.7 Å². The Balaban J connectivity index is 2.22. The lowest BCUT2D eigenvalue weighted by Gasteiger charge is -2.11. The smallest absolute Gasteiger partial charge is 0.310 e. The average molecular weight is 277 g/mol. The van der Waals surface area contributed by atoms with Crippen LogP contribution in [0.5, 0.6) is 0 Å². The molecule has 98 valence electrons. The van der Waals surface area contributed by atoms with Gasteiger partial charge in [0.25, 0.3) is 0 Å². The molecule has 19 heavy (non-hydrogen) atoms. The van der Waals surface area contributed by atoms with E-state index < -0.39 is 11.9 Å². The van der Waals surface area contributed by atoms with Crippen LogP contribution in [0.1, 0.15) is 18.4 Å². The second-order valence-electron chi connectivity index (χ2n) is 4.14. The number of aliphatic carboxylic acids is 1. The van der Waals surface area contributed by atoms with Crippen LogP contribution < -0.4 is 5.32 Å². The highest BCUT2D eigenvalue weighted by Crippen LogP contribution is 2.28. The van der Waals surface area contributed by atoms with Gasteiger partial charge in [-0.2, -0.15) is 0 Å². The number of aromatic nitrogens is 1. The lowest BCUT2D eigenvalue weighted by molar-refractivity contribution is -0.138. The number of pyridine rings is 1. The molecule has 0 saturated carbocycles. The Bertz CT molecular complexity index is 587. The second-order valence-corrected chi connectivity index (χ2v) is 4.54. The van der Waals surface area contributed by atoms with Crippen LogP contribution in [0.4, 0.5) is 11.5 Å². The quantitative estimate of drug-likeness (QED) is 0.894. The van der Waals surface area contributed by atoms with Gasteiger partial charge in [-0.3, -0.25) is 4.79 Å². The highest BCUT2D eigenvalue weighted by Gasteiger charge is 2.16. The molecule has 2 N–H and O–H groups in total. The molecule has 0 aliphatic rings. The maximum absolute atomic E-state index is 10.9. The first-order chi connectivity index (χ1) is 9.08. The van der Waals surface area contributed by atoms with Gasteiger partial charge in [-0.1, -0.05) is 23.7 Å². The van der Waals surface area contributed by atoms with Gasteiger partial charge in [-0.05, 0) is 36.8 Å². The van der Waals surface area contributed by atoms with Crippen molar-refractivity contribution in [1.82, 2.24) is 4.98 Å². The highest BCUT2D eigenvalue weighted by molar-refractivity contribution is 6.32. The molecular weight excluding hydrogens is 264 g/mol. The Morgan fingerprint density at radius 2 is 2.16 bits per heavy atom. The number of rotatable bonds is 4. The summed E-state index contributed by atoms with van der Waals surface area (Å²) in [5.41, 5.74) is 1.37. The fourth-order valence-electron chi connectivity index (χ4n) is 1.67. The third kappa shape index (κ3) is 3.23. The fraction of sp³-hybridized carbons (Fsp3) is 0.143. The number of anilines is 2. The van der Waals surface area contributed by atoms with Crippen molar-refractivity contribution in [2.24, 2.45) is 0 Å². The van der Waals surface area contributed by atoms with Crippen LogP contribution in [0, 0.1) is 0 Å². The van der Waals surface area contributed by atoms with Crippen LogP contribution >= 0.6 is 11.6 Å². The molecule has 1 heterocycles. The molecule has 5 heteroatoms. The Hall–Kier alpha value is -2.07. The molecule has 0 spiro atoms. The predicted octanol–water partition coefficient (Wildman–Crippen LogP) is 3.67. The van der Waals surface area contributed by atoms with Crippen molar-refractivity contribution in [3.8, 4) is 0 Å². The average Bonchev–Trinajstić information content (AvgIpc) is 2.39. The summed E-state index contributed by atoms with van der Waals surface area (Å²) >= 11 is 6.11. The maximum Gasteiger partial charge on any atom is 0.310 e. The first kappa shape index (κ1) is 13.4. The maximum atomic E-state index is 10.9. The number of halogens is 1. The molecule has 0 aliphatic carbocycles. The minimum Gasteiger partial charge on any atom is -0.481 e. The molecule has 0 bridgehead atoms.